The third-order valence-corrected chi connectivity index (χ3v) is 14.2. The largest absolute Gasteiger partial charge is 0.508 e. The zero-order chi connectivity index (χ0) is 47.9. The molecule has 6 heterocycles. The maximum absolute atomic E-state index is 14.7. The van der Waals surface area contributed by atoms with Crippen LogP contribution >= 0.6 is 0 Å². The third-order valence-electron chi connectivity index (χ3n) is 14.2. The van der Waals surface area contributed by atoms with Crippen LogP contribution in [0.25, 0.3) is 33.3 Å². The number of hydrogen-bond donors (Lipinski definition) is 3. The maximum atomic E-state index is 14.7. The molecule has 5 atom stereocenters. The van der Waals surface area contributed by atoms with Crippen LogP contribution in [-0.4, -0.2) is 123 Å². The topological polar surface area (TPSA) is 181 Å². The summed E-state index contributed by atoms with van der Waals surface area (Å²) in [4.78, 5) is 71.9. The first-order valence-electron chi connectivity index (χ1n) is 23.8. The number of methoxy groups -OCH3 is 1. The quantitative estimate of drug-likeness (QED) is 0.138. The number of carbonyl (C=O) groups is 5. The molecule has 2 aromatic heterocycles. The van der Waals surface area contributed by atoms with E-state index in [0.29, 0.717) is 50.9 Å². The summed E-state index contributed by atoms with van der Waals surface area (Å²) in [5.74, 6) is -3.18. The number of nitrogens with zero attached hydrogens (tertiary/aromatic N) is 6. The van der Waals surface area contributed by atoms with Gasteiger partial charge in [-0.15, -0.1) is 0 Å². The van der Waals surface area contributed by atoms with E-state index in [-0.39, 0.29) is 61.6 Å². The van der Waals surface area contributed by atoms with E-state index in [2.05, 4.69) is 60.9 Å². The lowest BCUT2D eigenvalue weighted by Crippen LogP contribution is -2.58. The van der Waals surface area contributed by atoms with Crippen molar-refractivity contribution < 1.29 is 38.6 Å². The molecular weight excluding hydrogens is 853 g/mol. The molecule has 3 N–H and O–H groups in total. The molecule has 4 aliphatic rings. The lowest BCUT2D eigenvalue weighted by Gasteiger charge is -2.36. The molecule has 67 heavy (non-hydrogen) atoms. The number of benzene rings is 2. The highest BCUT2D eigenvalue weighted by Crippen LogP contribution is 2.44. The van der Waals surface area contributed by atoms with Crippen LogP contribution in [-0.2, 0) is 59.4 Å². The Labute approximate surface area is 392 Å². The first-order valence-corrected chi connectivity index (χ1v) is 23.8. The molecule has 0 aliphatic carbocycles. The summed E-state index contributed by atoms with van der Waals surface area (Å²) < 4.78 is 16.5. The number of carbonyl (C=O) groups excluding carboxylic acids is 5. The zero-order valence-electron chi connectivity index (χ0n) is 40.0. The number of amides is 4. The zero-order valence-corrected chi connectivity index (χ0v) is 40.0. The van der Waals surface area contributed by atoms with Gasteiger partial charge in [0.2, 0.25) is 23.6 Å². The number of rotatable bonds is 10. The van der Waals surface area contributed by atoms with Crippen molar-refractivity contribution in [2.24, 2.45) is 23.2 Å². The number of ether oxygens (including phenoxy) is 2. The van der Waals surface area contributed by atoms with Crippen molar-refractivity contribution in [2.45, 2.75) is 104 Å². The van der Waals surface area contributed by atoms with E-state index >= 15 is 0 Å². The number of nitrogens with one attached hydrogen (secondary N) is 2. The molecule has 4 aromatic rings. The maximum Gasteiger partial charge on any atom is 0.324 e. The van der Waals surface area contributed by atoms with Gasteiger partial charge < -0.3 is 34.3 Å². The molecule has 6 bridgehead atoms. The van der Waals surface area contributed by atoms with Crippen LogP contribution in [0, 0.1) is 23.2 Å². The molecule has 2 aromatic carbocycles. The Morgan fingerprint density at radius 2 is 1.88 bits per heavy atom. The van der Waals surface area contributed by atoms with Gasteiger partial charge in [0.15, 0.2) is 0 Å². The summed E-state index contributed by atoms with van der Waals surface area (Å²) >= 11 is 0. The highest BCUT2D eigenvalue weighted by atomic mass is 16.5. The first kappa shape index (κ1) is 47.5. The number of aromatic nitrogens is 3. The Morgan fingerprint density at radius 3 is 2.61 bits per heavy atom. The van der Waals surface area contributed by atoms with Gasteiger partial charge in [0.1, 0.15) is 23.9 Å². The van der Waals surface area contributed by atoms with Gasteiger partial charge in [-0.3, -0.25) is 33.7 Å². The summed E-state index contributed by atoms with van der Waals surface area (Å²) in [6, 6.07) is 10.1. The van der Waals surface area contributed by atoms with Crippen molar-refractivity contribution >= 4 is 40.5 Å². The van der Waals surface area contributed by atoms with Gasteiger partial charge in [0, 0.05) is 75.3 Å². The number of fused-ring (bicyclic) bond motifs is 7. The van der Waals surface area contributed by atoms with Crippen LogP contribution < -0.4 is 10.7 Å². The van der Waals surface area contributed by atoms with E-state index in [0.717, 1.165) is 57.5 Å². The second-order valence-electron chi connectivity index (χ2n) is 19.9. The first-order chi connectivity index (χ1) is 32.0. The second kappa shape index (κ2) is 19.3. The number of aryl methyl sites for hydroxylation is 2. The van der Waals surface area contributed by atoms with E-state index in [1.807, 2.05) is 30.8 Å². The average Bonchev–Trinajstić information content (AvgIpc) is 4.12. The van der Waals surface area contributed by atoms with Gasteiger partial charge in [-0.25, -0.2) is 5.43 Å². The van der Waals surface area contributed by atoms with Crippen molar-refractivity contribution in [3.8, 4) is 28.1 Å². The number of hydrogen-bond acceptors (Lipinski definition) is 10. The van der Waals surface area contributed by atoms with Gasteiger partial charge in [-0.1, -0.05) is 46.4 Å². The molecule has 2 fully saturated rings. The van der Waals surface area contributed by atoms with Crippen LogP contribution in [0.1, 0.15) is 83.2 Å². The molecule has 16 nitrogen and oxygen atoms in total. The van der Waals surface area contributed by atoms with Gasteiger partial charge in [-0.05, 0) is 104 Å². The van der Waals surface area contributed by atoms with Crippen LogP contribution in [0.15, 0.2) is 55.3 Å². The molecule has 4 amide bonds. The van der Waals surface area contributed by atoms with Crippen molar-refractivity contribution in [1.29, 1.82) is 0 Å². The Hall–Kier alpha value is -6.00. The molecule has 4 aliphatic heterocycles. The summed E-state index contributed by atoms with van der Waals surface area (Å²) in [6.45, 7) is 16.2. The SMILES string of the molecule is C=CC(=O)N1CC[C@H](C(=O)N(C)[C@H](C(=O)NC[C@H]2Cc3cc(O)cc(c3)-c3ccc4c(c3)c(c(-c3cnn5c3[C@@H](OC)CC5)n4CC)CC(C)(C)COC(=O)[C@@H]3CCCN(N3)C2=O)C(C)C)C1. The van der Waals surface area contributed by atoms with Gasteiger partial charge in [0.05, 0.1) is 36.0 Å². The standard InChI is InChI=1S/C51H66N8O8/c1-9-43(61)56-18-15-33(28-56)48(63)55(7)44(30(3)4)47(62)52-26-35-21-31-20-34(23-36(60)22-31)32-13-14-41-37(24-32)38(45(57(41)10-2)39-27-53-58-19-16-42(66-8)46(39)58)25-51(5,6)29-67-50(65)40-12-11-17-59(54-40)49(35)64/h9,13-14,20,22-24,27,30,33,35,40,42,44,54,60H,1,10-12,15-19,21,25-26,28-29H2,2-8H3,(H,52,62)/t33-,35+,40-,42-,44-/m0/s1. The molecule has 0 saturated carbocycles. The van der Waals surface area contributed by atoms with Gasteiger partial charge in [-0.2, -0.15) is 5.10 Å². The number of phenols is 1. The summed E-state index contributed by atoms with van der Waals surface area (Å²) in [7, 11) is 3.35. The number of hydrazine groups is 1. The Bertz CT molecular complexity index is 2580. The van der Waals surface area contributed by atoms with E-state index in [9.17, 15) is 29.1 Å². The lowest BCUT2D eigenvalue weighted by molar-refractivity contribution is -0.155. The van der Waals surface area contributed by atoms with Gasteiger partial charge in [0.25, 0.3) is 0 Å². The highest BCUT2D eigenvalue weighted by Gasteiger charge is 2.39. The van der Waals surface area contributed by atoms with Crippen LogP contribution in [0.2, 0.25) is 0 Å². The van der Waals surface area contributed by atoms with E-state index in [4.69, 9.17) is 14.6 Å². The van der Waals surface area contributed by atoms with Crippen LogP contribution in [0.5, 0.6) is 5.75 Å². The van der Waals surface area contributed by atoms with Crippen LogP contribution in [0.3, 0.4) is 0 Å². The van der Waals surface area contributed by atoms with E-state index in [1.54, 1.807) is 31.2 Å². The predicted molar refractivity (Wildman–Crippen MR) is 253 cm³/mol. The van der Waals surface area contributed by atoms with Gasteiger partial charge >= 0.3 is 5.97 Å². The Morgan fingerprint density at radius 1 is 1.09 bits per heavy atom. The predicted octanol–water partition coefficient (Wildman–Crippen LogP) is 5.40. The summed E-state index contributed by atoms with van der Waals surface area (Å²) in [6.07, 6.45) is 6.15. The third kappa shape index (κ3) is 9.47. The molecule has 8 rings (SSSR count). The number of cyclic esters (lactones) is 1. The van der Waals surface area contributed by atoms with Crippen molar-refractivity contribution in [3.05, 3.63) is 72.1 Å². The fraction of sp³-hybridized carbons (Fsp3) is 0.529. The van der Waals surface area contributed by atoms with Crippen molar-refractivity contribution in [1.82, 2.24) is 39.9 Å². The number of aromatic hydroxyl groups is 1. The number of likely N-dealkylation sites (tertiary alicyclic amines) is 1. The number of esters is 1. The highest BCUT2D eigenvalue weighted by molar-refractivity contribution is 5.96. The molecule has 2 saturated heterocycles. The minimum atomic E-state index is -0.853. The Balaban J connectivity index is 1.15. The normalized spacial score (nSPS) is 22.3. The molecule has 358 valence electrons. The average molecular weight is 919 g/mol. The summed E-state index contributed by atoms with van der Waals surface area (Å²) in [5.41, 5.74) is 10.2. The summed E-state index contributed by atoms with van der Waals surface area (Å²) in [5, 5.41) is 21.6. The number of likely N-dealkylation sites (N-methyl/N-ethyl adjacent to an activating group) is 1. The van der Waals surface area contributed by atoms with Crippen molar-refractivity contribution in [2.75, 3.05) is 46.9 Å². The fourth-order valence-corrected chi connectivity index (χ4v) is 10.8. The van der Waals surface area contributed by atoms with Crippen LogP contribution in [0.4, 0.5) is 0 Å². The minimum absolute atomic E-state index is 0.0330. The Kier molecular flexibility index (Phi) is 13.7. The number of phenolic OH excluding ortho intramolecular Hbond substituents is 1. The molecule has 0 radical (unpaired) electrons. The van der Waals surface area contributed by atoms with E-state index < -0.39 is 41.2 Å². The smallest absolute Gasteiger partial charge is 0.324 e. The second-order valence-corrected chi connectivity index (χ2v) is 19.9. The molecule has 0 unspecified atom stereocenters. The molecule has 16 heteroatoms. The monoisotopic (exact) mass is 919 g/mol. The minimum Gasteiger partial charge on any atom is -0.508 e. The molecule has 0 spiro atoms. The molecular formula is C51H66N8O8. The lowest BCUT2D eigenvalue weighted by atomic mass is 9.84. The fourth-order valence-electron chi connectivity index (χ4n) is 10.8. The van der Waals surface area contributed by atoms with Crippen molar-refractivity contribution in [3.63, 3.8) is 0 Å². The van der Waals surface area contributed by atoms with E-state index in [1.165, 1.54) is 16.0 Å².